The largest absolute Gasteiger partial charge is 0.362 e. The number of halogens is 2. The van der Waals surface area contributed by atoms with Gasteiger partial charge in [-0.1, -0.05) is 13.8 Å². The van der Waals surface area contributed by atoms with E-state index in [1.807, 2.05) is 32.6 Å². The van der Waals surface area contributed by atoms with E-state index >= 15 is 0 Å². The molecule has 0 amide bonds. The Morgan fingerprint density at radius 3 is 2.30 bits per heavy atom. The first kappa shape index (κ1) is 15.2. The number of nitrogens with one attached hydrogen (secondary N) is 1. The minimum absolute atomic E-state index is 0.126. The zero-order valence-corrected chi connectivity index (χ0v) is 12.8. The summed E-state index contributed by atoms with van der Waals surface area (Å²) in [4.78, 5) is 1.86. The lowest BCUT2D eigenvalue weighted by Crippen LogP contribution is -2.39. The highest BCUT2D eigenvalue weighted by Crippen LogP contribution is 2.37. The minimum atomic E-state index is -0.458. The van der Waals surface area contributed by atoms with Crippen molar-refractivity contribution in [3.05, 3.63) is 29.3 Å². The van der Waals surface area contributed by atoms with Gasteiger partial charge in [-0.15, -0.1) is 0 Å². The van der Waals surface area contributed by atoms with Gasteiger partial charge < -0.3 is 10.2 Å². The lowest BCUT2D eigenvalue weighted by molar-refractivity contribution is 0.489. The summed E-state index contributed by atoms with van der Waals surface area (Å²) in [6.45, 7) is 9.28. The quantitative estimate of drug-likeness (QED) is 0.902. The van der Waals surface area contributed by atoms with Crippen LogP contribution in [0, 0.1) is 11.6 Å². The lowest BCUT2D eigenvalue weighted by Gasteiger charge is -2.34. The molecular formula is C16H24F2N2. The number of rotatable bonds is 4. The van der Waals surface area contributed by atoms with Crippen molar-refractivity contribution in [3.63, 3.8) is 0 Å². The Morgan fingerprint density at radius 2 is 1.85 bits per heavy atom. The third kappa shape index (κ3) is 3.11. The molecule has 4 heteroatoms. The average molecular weight is 282 g/mol. The van der Waals surface area contributed by atoms with Crippen LogP contribution >= 0.6 is 0 Å². The topological polar surface area (TPSA) is 15.3 Å². The zero-order valence-electron chi connectivity index (χ0n) is 12.8. The van der Waals surface area contributed by atoms with E-state index < -0.39 is 11.6 Å². The normalized spacial score (nSPS) is 18.1. The zero-order chi connectivity index (χ0) is 14.9. The first-order chi connectivity index (χ1) is 9.31. The van der Waals surface area contributed by atoms with Crippen molar-refractivity contribution in [2.45, 2.75) is 58.7 Å². The fraction of sp³-hybridized carbons (Fsp3) is 0.625. The number of anilines is 1. The Morgan fingerprint density at radius 1 is 1.25 bits per heavy atom. The molecule has 2 rings (SSSR count). The second-order valence-electron chi connectivity index (χ2n) is 6.51. The molecule has 0 bridgehead atoms. The van der Waals surface area contributed by atoms with Crippen molar-refractivity contribution < 1.29 is 8.78 Å². The predicted octanol–water partition coefficient (Wildman–Crippen LogP) is 3.84. The maximum absolute atomic E-state index is 14.3. The third-order valence-electron chi connectivity index (χ3n) is 3.96. The van der Waals surface area contributed by atoms with Gasteiger partial charge in [0, 0.05) is 24.7 Å². The second-order valence-corrected chi connectivity index (χ2v) is 6.51. The molecule has 0 atom stereocenters. The van der Waals surface area contributed by atoms with Crippen LogP contribution in [0.25, 0.3) is 0 Å². The first-order valence-corrected chi connectivity index (χ1v) is 7.30. The van der Waals surface area contributed by atoms with Crippen LogP contribution in [-0.2, 0) is 6.54 Å². The van der Waals surface area contributed by atoms with Crippen molar-refractivity contribution in [3.8, 4) is 0 Å². The molecule has 0 spiro atoms. The van der Waals surface area contributed by atoms with Crippen molar-refractivity contribution in [2.75, 3.05) is 11.4 Å². The monoisotopic (exact) mass is 282 g/mol. The van der Waals surface area contributed by atoms with E-state index in [0.717, 1.165) is 12.8 Å². The highest BCUT2D eigenvalue weighted by molar-refractivity contribution is 5.53. The van der Waals surface area contributed by atoms with E-state index in [2.05, 4.69) is 5.32 Å². The Balaban J connectivity index is 2.27. The first-order valence-electron chi connectivity index (χ1n) is 7.30. The van der Waals surface area contributed by atoms with E-state index in [1.54, 1.807) is 0 Å². The fourth-order valence-electron chi connectivity index (χ4n) is 2.82. The van der Waals surface area contributed by atoms with Gasteiger partial charge in [-0.25, -0.2) is 8.78 Å². The van der Waals surface area contributed by atoms with Gasteiger partial charge in [-0.05, 0) is 44.4 Å². The molecule has 0 aromatic heterocycles. The van der Waals surface area contributed by atoms with Gasteiger partial charge >= 0.3 is 0 Å². The average Bonchev–Trinajstić information content (AvgIpc) is 2.66. The summed E-state index contributed by atoms with van der Waals surface area (Å²) < 4.78 is 28.6. The van der Waals surface area contributed by atoms with Gasteiger partial charge in [0.1, 0.15) is 17.3 Å². The summed E-state index contributed by atoms with van der Waals surface area (Å²) in [5.41, 5.74) is 0.592. The SMILES string of the molecule is CC(C)NCc1cc(F)c(N2CCCC2(C)C)c(F)c1. The Hall–Kier alpha value is -1.16. The van der Waals surface area contributed by atoms with E-state index in [1.165, 1.54) is 12.1 Å². The van der Waals surface area contributed by atoms with Crippen LogP contribution in [0.3, 0.4) is 0 Å². The molecule has 1 heterocycles. The van der Waals surface area contributed by atoms with Crippen molar-refractivity contribution in [1.29, 1.82) is 0 Å². The summed E-state index contributed by atoms with van der Waals surface area (Å²) >= 11 is 0. The van der Waals surface area contributed by atoms with Gasteiger partial charge in [-0.3, -0.25) is 0 Å². The molecule has 1 aliphatic rings. The fourth-order valence-corrected chi connectivity index (χ4v) is 2.82. The van der Waals surface area contributed by atoms with E-state index in [-0.39, 0.29) is 11.2 Å². The maximum atomic E-state index is 14.3. The van der Waals surface area contributed by atoms with Crippen LogP contribution in [0.4, 0.5) is 14.5 Å². The van der Waals surface area contributed by atoms with Crippen LogP contribution in [0.2, 0.25) is 0 Å². The van der Waals surface area contributed by atoms with Crippen LogP contribution in [0.1, 0.15) is 46.1 Å². The number of nitrogens with zero attached hydrogens (tertiary/aromatic N) is 1. The van der Waals surface area contributed by atoms with Crippen LogP contribution in [0.5, 0.6) is 0 Å². The molecular weight excluding hydrogens is 258 g/mol. The van der Waals surface area contributed by atoms with Crippen LogP contribution in [0.15, 0.2) is 12.1 Å². The second kappa shape index (κ2) is 5.68. The van der Waals surface area contributed by atoms with Gasteiger partial charge in [0.15, 0.2) is 0 Å². The summed E-state index contributed by atoms with van der Waals surface area (Å²) in [6, 6.07) is 3.18. The van der Waals surface area contributed by atoms with E-state index in [4.69, 9.17) is 0 Å². The molecule has 1 saturated heterocycles. The molecule has 1 aromatic rings. The van der Waals surface area contributed by atoms with Crippen LogP contribution in [-0.4, -0.2) is 18.1 Å². The molecule has 0 unspecified atom stereocenters. The van der Waals surface area contributed by atoms with E-state index in [9.17, 15) is 8.78 Å². The molecule has 0 saturated carbocycles. The predicted molar refractivity (Wildman–Crippen MR) is 79.0 cm³/mol. The summed E-state index contributed by atoms with van der Waals surface area (Å²) in [5, 5.41) is 3.17. The van der Waals surface area contributed by atoms with Crippen molar-refractivity contribution in [1.82, 2.24) is 5.32 Å². The molecule has 1 aromatic carbocycles. The molecule has 112 valence electrons. The summed E-state index contributed by atoms with van der Waals surface area (Å²) in [5.74, 6) is -0.916. The Kier molecular flexibility index (Phi) is 4.33. The van der Waals surface area contributed by atoms with Gasteiger partial charge in [0.2, 0.25) is 0 Å². The standard InChI is InChI=1S/C16H24F2N2/c1-11(2)19-10-12-8-13(17)15(14(18)9-12)20-7-5-6-16(20,3)4/h8-9,11,19H,5-7,10H2,1-4H3. The number of hydrogen-bond acceptors (Lipinski definition) is 2. The molecule has 20 heavy (non-hydrogen) atoms. The van der Waals surface area contributed by atoms with Gasteiger partial charge in [0.05, 0.1) is 0 Å². The van der Waals surface area contributed by atoms with Gasteiger partial charge in [-0.2, -0.15) is 0 Å². The minimum Gasteiger partial charge on any atom is -0.362 e. The smallest absolute Gasteiger partial charge is 0.149 e. The van der Waals surface area contributed by atoms with Gasteiger partial charge in [0.25, 0.3) is 0 Å². The summed E-state index contributed by atoms with van der Waals surface area (Å²) in [6.07, 6.45) is 1.94. The molecule has 1 aliphatic heterocycles. The van der Waals surface area contributed by atoms with Crippen LogP contribution < -0.4 is 10.2 Å². The van der Waals surface area contributed by atoms with Crippen molar-refractivity contribution in [2.24, 2.45) is 0 Å². The molecule has 1 fully saturated rings. The maximum Gasteiger partial charge on any atom is 0.149 e. The highest BCUT2D eigenvalue weighted by Gasteiger charge is 2.35. The number of hydrogen-bond donors (Lipinski definition) is 1. The van der Waals surface area contributed by atoms with Crippen molar-refractivity contribution >= 4 is 5.69 Å². The Labute approximate surface area is 120 Å². The number of benzene rings is 1. The summed E-state index contributed by atoms with van der Waals surface area (Å²) in [7, 11) is 0. The highest BCUT2D eigenvalue weighted by atomic mass is 19.1. The van der Waals surface area contributed by atoms with E-state index in [0.29, 0.717) is 24.7 Å². The molecule has 0 aliphatic carbocycles. The molecule has 2 nitrogen and oxygen atoms in total. The third-order valence-corrected chi connectivity index (χ3v) is 3.96. The Bertz CT molecular complexity index is 460. The molecule has 1 N–H and O–H groups in total. The molecule has 0 radical (unpaired) electrons. The lowest BCUT2D eigenvalue weighted by atomic mass is 10.0.